The van der Waals surface area contributed by atoms with Gasteiger partial charge in [-0.15, -0.1) is 4.47 Å². The van der Waals surface area contributed by atoms with E-state index in [-0.39, 0.29) is 11.9 Å². The number of hydrogen-bond acceptors (Lipinski definition) is 6. The lowest BCUT2D eigenvalue weighted by molar-refractivity contribution is -0.153. The van der Waals surface area contributed by atoms with Crippen molar-refractivity contribution in [1.29, 1.82) is 0 Å². The van der Waals surface area contributed by atoms with Gasteiger partial charge in [-0.05, 0) is 55.5 Å². The first-order valence-electron chi connectivity index (χ1n) is 7.44. The Labute approximate surface area is 134 Å². The van der Waals surface area contributed by atoms with Gasteiger partial charge in [0.15, 0.2) is 0 Å². The van der Waals surface area contributed by atoms with Gasteiger partial charge >= 0.3 is 0 Å². The zero-order valence-electron chi connectivity index (χ0n) is 12.4. The Balaban J connectivity index is 1.87. The number of carbonyl (C=O) groups excluding carboxylic acids is 1. The summed E-state index contributed by atoms with van der Waals surface area (Å²) in [4.78, 5) is 17.3. The quantitative estimate of drug-likeness (QED) is 0.313. The smallest absolute Gasteiger partial charge is 0.207 e. The van der Waals surface area contributed by atoms with Crippen LogP contribution in [0.15, 0.2) is 29.2 Å². The van der Waals surface area contributed by atoms with Crippen LogP contribution >= 0.6 is 11.9 Å². The van der Waals surface area contributed by atoms with Gasteiger partial charge in [-0.25, -0.2) is 0 Å². The van der Waals surface area contributed by atoms with E-state index in [0.717, 1.165) is 37.4 Å². The van der Waals surface area contributed by atoms with Gasteiger partial charge in [0.05, 0.1) is 6.10 Å². The van der Waals surface area contributed by atoms with Crippen molar-refractivity contribution in [3.8, 4) is 5.75 Å². The maximum atomic E-state index is 10.3. The van der Waals surface area contributed by atoms with E-state index in [4.69, 9.17) is 9.57 Å². The Kier molecular flexibility index (Phi) is 7.51. The van der Waals surface area contributed by atoms with Crippen LogP contribution in [0.25, 0.3) is 0 Å². The third-order valence-corrected chi connectivity index (χ3v) is 4.18. The Morgan fingerprint density at radius 2 is 2.09 bits per heavy atom. The minimum Gasteiger partial charge on any atom is -0.508 e. The second-order valence-corrected chi connectivity index (χ2v) is 6.05. The Bertz CT molecular complexity index is 438. The van der Waals surface area contributed by atoms with Crippen molar-refractivity contribution in [1.82, 2.24) is 9.79 Å². The van der Waals surface area contributed by atoms with E-state index in [0.29, 0.717) is 19.5 Å². The van der Waals surface area contributed by atoms with E-state index in [1.165, 1.54) is 11.9 Å². The molecule has 1 heterocycles. The molecule has 7 heteroatoms. The maximum absolute atomic E-state index is 10.3. The van der Waals surface area contributed by atoms with Gasteiger partial charge < -0.3 is 15.2 Å². The van der Waals surface area contributed by atoms with Gasteiger partial charge in [0.25, 0.3) is 0 Å². The summed E-state index contributed by atoms with van der Waals surface area (Å²) in [6.45, 7) is 2.78. The predicted octanol–water partition coefficient (Wildman–Crippen LogP) is 1.95. The van der Waals surface area contributed by atoms with Crippen LogP contribution in [0.1, 0.15) is 19.3 Å². The van der Waals surface area contributed by atoms with Crippen LogP contribution in [-0.2, 0) is 14.4 Å². The number of ether oxygens (including phenoxy) is 1. The van der Waals surface area contributed by atoms with Crippen LogP contribution in [0, 0.1) is 0 Å². The highest BCUT2D eigenvalue weighted by Gasteiger charge is 2.19. The van der Waals surface area contributed by atoms with Crippen molar-refractivity contribution in [2.45, 2.75) is 30.3 Å². The summed E-state index contributed by atoms with van der Waals surface area (Å²) in [5.41, 5.74) is 0. The molecule has 2 N–H and O–H groups in total. The first-order valence-corrected chi connectivity index (χ1v) is 8.21. The van der Waals surface area contributed by atoms with Crippen LogP contribution in [0.3, 0.4) is 0 Å². The summed E-state index contributed by atoms with van der Waals surface area (Å²) in [5.74, 6) is 0.247. The third kappa shape index (κ3) is 6.23. The molecule has 1 aromatic rings. The molecule has 1 saturated heterocycles. The summed E-state index contributed by atoms with van der Waals surface area (Å²) >= 11 is 1.49. The molecule has 6 nitrogen and oxygen atoms in total. The molecule has 1 aliphatic heterocycles. The molecule has 0 aliphatic carbocycles. The fraction of sp³-hybridized carbons (Fsp3) is 0.533. The highest BCUT2D eigenvalue weighted by molar-refractivity contribution is 7.96. The van der Waals surface area contributed by atoms with Crippen molar-refractivity contribution in [3.63, 3.8) is 0 Å². The average Bonchev–Trinajstić information content (AvgIpc) is 2.54. The molecule has 0 bridgehead atoms. The maximum Gasteiger partial charge on any atom is 0.207 e. The van der Waals surface area contributed by atoms with Gasteiger partial charge in [0.2, 0.25) is 6.41 Å². The molecule has 22 heavy (non-hydrogen) atoms. The highest BCUT2D eigenvalue weighted by atomic mass is 32.2. The van der Waals surface area contributed by atoms with E-state index in [9.17, 15) is 9.90 Å². The number of hydrogen-bond donors (Lipinski definition) is 2. The molecular formula is C15H22N2O4S. The molecule has 0 aromatic heterocycles. The minimum atomic E-state index is 0.164. The largest absolute Gasteiger partial charge is 0.508 e. The molecule has 2 rings (SSSR count). The fourth-order valence-electron chi connectivity index (χ4n) is 2.06. The lowest BCUT2D eigenvalue weighted by Gasteiger charge is -2.28. The Hall–Kier alpha value is -1.28. The number of nitrogens with one attached hydrogen (secondary N) is 1. The van der Waals surface area contributed by atoms with E-state index in [1.807, 2.05) is 16.6 Å². The molecule has 1 aliphatic rings. The molecule has 1 aromatic carbocycles. The molecule has 0 spiro atoms. The Morgan fingerprint density at radius 1 is 1.36 bits per heavy atom. The van der Waals surface area contributed by atoms with Gasteiger partial charge in [0.1, 0.15) is 5.75 Å². The summed E-state index contributed by atoms with van der Waals surface area (Å²) in [5, 5.41) is 12.0. The standard InChI is InChI=1S/C15H22N2O4S/c18-12-16-8-1-9-17(21-14-6-10-20-11-7-14)22-15-4-2-13(19)3-5-15/h2-5,12,14,19H,1,6-11H2,(H,16,18). The predicted molar refractivity (Wildman–Crippen MR) is 84.3 cm³/mol. The normalized spacial score (nSPS) is 15.9. The molecule has 1 amide bonds. The van der Waals surface area contributed by atoms with Crippen molar-refractivity contribution < 1.29 is 19.5 Å². The SMILES string of the molecule is O=CNCCCN(OC1CCOCC1)Sc1ccc(O)cc1. The van der Waals surface area contributed by atoms with Crippen molar-refractivity contribution in [2.24, 2.45) is 0 Å². The first kappa shape index (κ1) is 17.1. The lowest BCUT2D eigenvalue weighted by Crippen LogP contribution is -2.31. The second kappa shape index (κ2) is 9.68. The van der Waals surface area contributed by atoms with Gasteiger partial charge in [-0.3, -0.25) is 9.63 Å². The number of carbonyl (C=O) groups is 1. The number of phenols is 1. The minimum absolute atomic E-state index is 0.164. The van der Waals surface area contributed by atoms with Crippen molar-refractivity contribution in [3.05, 3.63) is 24.3 Å². The van der Waals surface area contributed by atoms with Gasteiger partial charge in [-0.2, -0.15) is 0 Å². The highest BCUT2D eigenvalue weighted by Crippen LogP contribution is 2.27. The molecule has 0 atom stereocenters. The number of aromatic hydroxyl groups is 1. The van der Waals surface area contributed by atoms with E-state index < -0.39 is 0 Å². The number of nitrogens with zero attached hydrogens (tertiary/aromatic N) is 1. The van der Waals surface area contributed by atoms with Crippen LogP contribution < -0.4 is 5.32 Å². The van der Waals surface area contributed by atoms with E-state index >= 15 is 0 Å². The number of phenolic OH excluding ortho intramolecular Hbond substituents is 1. The van der Waals surface area contributed by atoms with E-state index in [2.05, 4.69) is 5.32 Å². The molecule has 0 radical (unpaired) electrons. The number of hydroxylamine groups is 1. The topological polar surface area (TPSA) is 71.0 Å². The number of benzene rings is 1. The second-order valence-electron chi connectivity index (χ2n) is 4.98. The number of amides is 1. The average molecular weight is 326 g/mol. The first-order chi connectivity index (χ1) is 10.8. The summed E-state index contributed by atoms with van der Waals surface area (Å²) in [6, 6.07) is 7.01. The van der Waals surface area contributed by atoms with Crippen LogP contribution in [0.5, 0.6) is 5.75 Å². The lowest BCUT2D eigenvalue weighted by atomic mass is 10.2. The third-order valence-electron chi connectivity index (χ3n) is 3.22. The van der Waals surface area contributed by atoms with Gasteiger partial charge in [0, 0.05) is 31.2 Å². The summed E-state index contributed by atoms with van der Waals surface area (Å²) in [6.07, 6.45) is 3.44. The fourth-order valence-corrected chi connectivity index (χ4v) is 2.94. The van der Waals surface area contributed by atoms with Crippen LogP contribution in [0.4, 0.5) is 0 Å². The zero-order chi connectivity index (χ0) is 15.6. The molecule has 1 fully saturated rings. The molecule has 0 unspecified atom stereocenters. The van der Waals surface area contributed by atoms with Gasteiger partial charge in [-0.1, -0.05) is 0 Å². The molecule has 0 saturated carbocycles. The molecule has 122 valence electrons. The molecular weight excluding hydrogens is 304 g/mol. The van der Waals surface area contributed by atoms with E-state index in [1.54, 1.807) is 12.1 Å². The van der Waals surface area contributed by atoms with Crippen molar-refractivity contribution in [2.75, 3.05) is 26.3 Å². The van der Waals surface area contributed by atoms with Crippen LogP contribution in [-0.4, -0.2) is 48.4 Å². The summed E-state index contributed by atoms with van der Waals surface area (Å²) < 4.78 is 7.20. The monoisotopic (exact) mass is 326 g/mol. The summed E-state index contributed by atoms with van der Waals surface area (Å²) in [7, 11) is 0. The van der Waals surface area contributed by atoms with Crippen LogP contribution in [0.2, 0.25) is 0 Å². The van der Waals surface area contributed by atoms with Crippen molar-refractivity contribution >= 4 is 18.4 Å². The zero-order valence-corrected chi connectivity index (χ0v) is 13.3. The Morgan fingerprint density at radius 3 is 2.77 bits per heavy atom. The number of rotatable bonds is 9.